The first kappa shape index (κ1) is 17.3. The number of aromatic nitrogens is 1. The van der Waals surface area contributed by atoms with Crippen LogP contribution in [0.2, 0.25) is 0 Å². The van der Waals surface area contributed by atoms with E-state index in [-0.39, 0.29) is 17.3 Å². The van der Waals surface area contributed by atoms with Gasteiger partial charge in [-0.2, -0.15) is 13.2 Å². The predicted molar refractivity (Wildman–Crippen MR) is 87.5 cm³/mol. The average molecular weight is 377 g/mol. The lowest BCUT2D eigenvalue weighted by atomic mass is 10.1. The first-order valence-electron chi connectivity index (χ1n) is 8.27. The summed E-state index contributed by atoms with van der Waals surface area (Å²) in [4.78, 5) is 27.7. The third-order valence-corrected chi connectivity index (χ3v) is 4.76. The molecule has 2 aliphatic rings. The van der Waals surface area contributed by atoms with Crippen LogP contribution in [-0.2, 0) is 15.8 Å². The molecular weight excluding hydrogens is 363 g/mol. The second-order valence-corrected chi connectivity index (χ2v) is 6.41. The summed E-state index contributed by atoms with van der Waals surface area (Å²) in [5.74, 6) is -1.02. The summed E-state index contributed by atoms with van der Waals surface area (Å²) >= 11 is 0. The molecule has 1 unspecified atom stereocenters. The maximum Gasteiger partial charge on any atom is 0.416 e. The van der Waals surface area contributed by atoms with E-state index in [1.165, 1.54) is 12.3 Å². The molecule has 0 radical (unpaired) electrons. The van der Waals surface area contributed by atoms with Crippen molar-refractivity contribution in [2.45, 2.75) is 18.5 Å². The normalized spacial score (nSPS) is 20.6. The molecule has 1 fully saturated rings. The fourth-order valence-electron chi connectivity index (χ4n) is 3.38. The second kappa shape index (κ2) is 6.26. The quantitative estimate of drug-likeness (QED) is 0.770. The molecule has 3 heterocycles. The number of carbonyl (C=O) groups excluding carboxylic acids is 2. The maximum atomic E-state index is 12.7. The number of alkyl halides is 3. The molecule has 6 nitrogen and oxygen atoms in total. The molecule has 1 aromatic heterocycles. The molecule has 2 aromatic rings. The van der Waals surface area contributed by atoms with Crippen LogP contribution in [-0.4, -0.2) is 35.0 Å². The Hall–Kier alpha value is -3.10. The minimum absolute atomic E-state index is 0.0904. The van der Waals surface area contributed by atoms with Crippen molar-refractivity contribution in [1.29, 1.82) is 0 Å². The van der Waals surface area contributed by atoms with E-state index in [0.717, 1.165) is 41.3 Å². The van der Waals surface area contributed by atoms with Gasteiger partial charge in [-0.25, -0.2) is 4.90 Å². The Morgan fingerprint density at radius 1 is 1.11 bits per heavy atom. The SMILES string of the molecule is O=C1C=C(N2CCC(c3ccon3)C2)C(=O)N1c1ccc(C(F)(F)F)cc1. The highest BCUT2D eigenvalue weighted by Crippen LogP contribution is 2.34. The zero-order valence-corrected chi connectivity index (χ0v) is 13.9. The van der Waals surface area contributed by atoms with Gasteiger partial charge in [-0.05, 0) is 30.7 Å². The van der Waals surface area contributed by atoms with Gasteiger partial charge in [0.05, 0.1) is 16.9 Å². The second-order valence-electron chi connectivity index (χ2n) is 6.41. The number of hydrogen-bond donors (Lipinski definition) is 0. The van der Waals surface area contributed by atoms with Crippen molar-refractivity contribution in [1.82, 2.24) is 10.1 Å². The number of imide groups is 1. The molecule has 27 heavy (non-hydrogen) atoms. The summed E-state index contributed by atoms with van der Waals surface area (Å²) in [7, 11) is 0. The molecule has 4 rings (SSSR count). The molecular formula is C18H14F3N3O3. The molecule has 0 bridgehead atoms. The number of rotatable bonds is 3. The van der Waals surface area contributed by atoms with Crippen LogP contribution in [0.5, 0.6) is 0 Å². The lowest BCUT2D eigenvalue weighted by Gasteiger charge is -2.21. The van der Waals surface area contributed by atoms with Crippen LogP contribution in [0.4, 0.5) is 18.9 Å². The minimum Gasteiger partial charge on any atom is -0.366 e. The Morgan fingerprint density at radius 3 is 2.48 bits per heavy atom. The summed E-state index contributed by atoms with van der Waals surface area (Å²) in [5, 5.41) is 3.91. The smallest absolute Gasteiger partial charge is 0.366 e. The van der Waals surface area contributed by atoms with E-state index in [0.29, 0.717) is 13.1 Å². The number of carbonyl (C=O) groups is 2. The maximum absolute atomic E-state index is 12.7. The largest absolute Gasteiger partial charge is 0.416 e. The topological polar surface area (TPSA) is 66.7 Å². The highest BCUT2D eigenvalue weighted by Gasteiger charge is 2.39. The lowest BCUT2D eigenvalue weighted by molar-refractivity contribution is -0.137. The van der Waals surface area contributed by atoms with E-state index in [9.17, 15) is 22.8 Å². The number of nitrogens with zero attached hydrogens (tertiary/aromatic N) is 3. The summed E-state index contributed by atoms with van der Waals surface area (Å²) in [6.07, 6.45) is -1.02. The fourth-order valence-corrected chi connectivity index (χ4v) is 3.38. The molecule has 1 atom stereocenters. The molecule has 140 valence electrons. The highest BCUT2D eigenvalue weighted by atomic mass is 19.4. The first-order valence-corrected chi connectivity index (χ1v) is 8.27. The van der Waals surface area contributed by atoms with Gasteiger partial charge in [0.25, 0.3) is 11.8 Å². The Bertz CT molecular complexity index is 904. The number of halogens is 3. The number of amides is 2. The van der Waals surface area contributed by atoms with Crippen LogP contribution in [0.25, 0.3) is 0 Å². The molecule has 0 spiro atoms. The molecule has 0 saturated carbocycles. The third kappa shape index (κ3) is 3.09. The molecule has 1 saturated heterocycles. The fraction of sp³-hybridized carbons (Fsp3) is 0.278. The highest BCUT2D eigenvalue weighted by molar-refractivity contribution is 6.30. The van der Waals surface area contributed by atoms with Gasteiger partial charge in [0, 0.05) is 31.1 Å². The van der Waals surface area contributed by atoms with Crippen molar-refractivity contribution >= 4 is 17.5 Å². The van der Waals surface area contributed by atoms with E-state index in [1.807, 2.05) is 0 Å². The Morgan fingerprint density at radius 2 is 1.85 bits per heavy atom. The number of likely N-dealkylation sites (tertiary alicyclic amines) is 1. The summed E-state index contributed by atoms with van der Waals surface area (Å²) < 4.78 is 42.9. The molecule has 0 N–H and O–H groups in total. The molecule has 0 aliphatic carbocycles. The average Bonchev–Trinajstić information content (AvgIpc) is 3.34. The number of benzene rings is 1. The van der Waals surface area contributed by atoms with E-state index in [2.05, 4.69) is 5.16 Å². The van der Waals surface area contributed by atoms with E-state index < -0.39 is 23.6 Å². The van der Waals surface area contributed by atoms with Crippen LogP contribution in [0, 0.1) is 0 Å². The van der Waals surface area contributed by atoms with E-state index in [1.54, 1.807) is 11.0 Å². The van der Waals surface area contributed by atoms with Crippen molar-refractivity contribution in [2.24, 2.45) is 0 Å². The van der Waals surface area contributed by atoms with Gasteiger partial charge >= 0.3 is 6.18 Å². The van der Waals surface area contributed by atoms with Crippen LogP contribution < -0.4 is 4.90 Å². The Kier molecular flexibility index (Phi) is 4.01. The van der Waals surface area contributed by atoms with Gasteiger partial charge < -0.3 is 9.42 Å². The van der Waals surface area contributed by atoms with Crippen molar-refractivity contribution < 1.29 is 27.3 Å². The Balaban J connectivity index is 1.51. The van der Waals surface area contributed by atoms with Gasteiger partial charge in [-0.15, -0.1) is 0 Å². The molecule has 2 aliphatic heterocycles. The molecule has 1 aromatic carbocycles. The first-order chi connectivity index (χ1) is 12.8. The Labute approximate surface area is 151 Å². The van der Waals surface area contributed by atoms with Crippen molar-refractivity contribution in [2.75, 3.05) is 18.0 Å². The standard InChI is InChI=1S/C18H14F3N3O3/c19-18(20,21)12-1-3-13(4-2-12)24-16(25)9-15(17(24)26)23-7-5-11(10-23)14-6-8-27-22-14/h1-4,6,8-9,11H,5,7,10H2. The van der Waals surface area contributed by atoms with Crippen LogP contribution in [0.15, 0.2) is 52.9 Å². The van der Waals surface area contributed by atoms with Crippen LogP contribution in [0.1, 0.15) is 23.6 Å². The lowest BCUT2D eigenvalue weighted by Crippen LogP contribution is -2.34. The summed E-state index contributed by atoms with van der Waals surface area (Å²) in [6.45, 7) is 1.08. The van der Waals surface area contributed by atoms with Gasteiger partial charge in [0.1, 0.15) is 12.0 Å². The van der Waals surface area contributed by atoms with E-state index in [4.69, 9.17) is 4.52 Å². The predicted octanol–water partition coefficient (Wildman–Crippen LogP) is 2.94. The minimum atomic E-state index is -4.48. The third-order valence-electron chi connectivity index (χ3n) is 4.76. The van der Waals surface area contributed by atoms with Crippen molar-refractivity contribution in [3.63, 3.8) is 0 Å². The van der Waals surface area contributed by atoms with Crippen LogP contribution >= 0.6 is 0 Å². The van der Waals surface area contributed by atoms with Crippen molar-refractivity contribution in [3.05, 3.63) is 59.6 Å². The summed E-state index contributed by atoms with van der Waals surface area (Å²) in [6, 6.07) is 5.71. The van der Waals surface area contributed by atoms with Gasteiger partial charge in [-0.3, -0.25) is 9.59 Å². The van der Waals surface area contributed by atoms with Crippen molar-refractivity contribution in [3.8, 4) is 0 Å². The van der Waals surface area contributed by atoms with Gasteiger partial charge in [0.2, 0.25) is 0 Å². The summed E-state index contributed by atoms with van der Waals surface area (Å²) in [5.41, 5.74) is 0.297. The van der Waals surface area contributed by atoms with Gasteiger partial charge in [0.15, 0.2) is 0 Å². The number of hydrogen-bond acceptors (Lipinski definition) is 5. The molecule has 9 heteroatoms. The van der Waals surface area contributed by atoms with E-state index >= 15 is 0 Å². The van der Waals surface area contributed by atoms with Gasteiger partial charge in [-0.1, -0.05) is 5.16 Å². The zero-order valence-electron chi connectivity index (χ0n) is 13.9. The van der Waals surface area contributed by atoms with Crippen LogP contribution in [0.3, 0.4) is 0 Å². The zero-order chi connectivity index (χ0) is 19.2. The monoisotopic (exact) mass is 377 g/mol. The number of anilines is 1. The molecule has 2 amide bonds.